The van der Waals surface area contributed by atoms with Crippen LogP contribution in [0.2, 0.25) is 0 Å². The predicted molar refractivity (Wildman–Crippen MR) is 102 cm³/mol. The van der Waals surface area contributed by atoms with Gasteiger partial charge in [0.05, 0.1) is 18.3 Å². The van der Waals surface area contributed by atoms with Crippen molar-refractivity contribution in [3.05, 3.63) is 47.3 Å². The Morgan fingerprint density at radius 3 is 2.69 bits per heavy atom. The van der Waals surface area contributed by atoms with Crippen molar-refractivity contribution in [1.82, 2.24) is 25.6 Å². The average Bonchev–Trinajstić information content (AvgIpc) is 3.09. The summed E-state index contributed by atoms with van der Waals surface area (Å²) in [5.41, 5.74) is 2.55. The van der Waals surface area contributed by atoms with Crippen molar-refractivity contribution in [2.75, 3.05) is 13.1 Å². The zero-order chi connectivity index (χ0) is 18.7. The molecular weight excluding hydrogens is 326 g/mol. The van der Waals surface area contributed by atoms with Gasteiger partial charge in [-0.15, -0.1) is 5.10 Å². The highest BCUT2D eigenvalue weighted by Gasteiger charge is 2.29. The second-order valence-electron chi connectivity index (χ2n) is 8.25. The molecule has 1 aliphatic heterocycles. The maximum atomic E-state index is 12.8. The summed E-state index contributed by atoms with van der Waals surface area (Å²) in [7, 11) is 0. The normalized spacial score (nSPS) is 17.1. The fourth-order valence-corrected chi connectivity index (χ4v) is 3.49. The Kier molecular flexibility index (Phi) is 5.41. The van der Waals surface area contributed by atoms with Crippen LogP contribution >= 0.6 is 0 Å². The van der Waals surface area contributed by atoms with Crippen molar-refractivity contribution in [3.63, 3.8) is 0 Å². The molecule has 0 aliphatic carbocycles. The molecule has 6 nitrogen and oxygen atoms in total. The van der Waals surface area contributed by atoms with Crippen LogP contribution in [0.1, 0.15) is 67.3 Å². The second kappa shape index (κ2) is 7.58. The van der Waals surface area contributed by atoms with Crippen LogP contribution in [0, 0.1) is 12.3 Å². The quantitative estimate of drug-likeness (QED) is 0.884. The molecular formula is C20H29N5O. The molecule has 1 aliphatic rings. The molecule has 6 heteroatoms. The Hall–Kier alpha value is -2.21. The molecule has 1 unspecified atom stereocenters. The third-order valence-corrected chi connectivity index (χ3v) is 4.94. The molecule has 0 spiro atoms. The highest BCUT2D eigenvalue weighted by atomic mass is 16.2. The largest absolute Gasteiger partial charge is 0.343 e. The predicted octanol–water partition coefficient (Wildman–Crippen LogP) is 3.03. The number of hydrogen-bond donors (Lipinski definition) is 2. The highest BCUT2D eigenvalue weighted by Crippen LogP contribution is 2.33. The zero-order valence-electron chi connectivity index (χ0n) is 16.1. The average molecular weight is 355 g/mol. The molecule has 26 heavy (non-hydrogen) atoms. The second-order valence-corrected chi connectivity index (χ2v) is 8.25. The Balaban J connectivity index is 1.77. The summed E-state index contributed by atoms with van der Waals surface area (Å²) in [5.74, 6) is -0.174. The van der Waals surface area contributed by atoms with Crippen molar-refractivity contribution in [2.45, 2.75) is 52.6 Å². The van der Waals surface area contributed by atoms with E-state index in [2.05, 4.69) is 66.8 Å². The van der Waals surface area contributed by atoms with Gasteiger partial charge in [-0.05, 0) is 43.8 Å². The lowest BCUT2D eigenvalue weighted by Gasteiger charge is -2.32. The maximum Gasteiger partial charge on any atom is 0.273 e. The lowest BCUT2D eigenvalue weighted by Crippen LogP contribution is -2.36. The number of nitrogens with one attached hydrogen (secondary N) is 2. The molecule has 1 aromatic heterocycles. The topological polar surface area (TPSA) is 71.8 Å². The number of rotatable bonds is 4. The number of hydrogen-bond acceptors (Lipinski definition) is 4. The van der Waals surface area contributed by atoms with Gasteiger partial charge in [-0.1, -0.05) is 55.8 Å². The van der Waals surface area contributed by atoms with Crippen LogP contribution in [0.25, 0.3) is 0 Å². The fourth-order valence-electron chi connectivity index (χ4n) is 3.49. The number of aryl methyl sites for hydroxylation is 1. The number of carbonyl (C=O) groups is 1. The fraction of sp³-hybridized carbons (Fsp3) is 0.550. The molecule has 2 N–H and O–H groups in total. The van der Waals surface area contributed by atoms with Gasteiger partial charge >= 0.3 is 0 Å². The van der Waals surface area contributed by atoms with Gasteiger partial charge < -0.3 is 10.6 Å². The van der Waals surface area contributed by atoms with Gasteiger partial charge in [0, 0.05) is 0 Å². The van der Waals surface area contributed by atoms with Crippen LogP contribution in [0.4, 0.5) is 0 Å². The third kappa shape index (κ3) is 4.30. The van der Waals surface area contributed by atoms with E-state index in [1.54, 1.807) is 6.20 Å². The Bertz CT molecular complexity index is 756. The third-order valence-electron chi connectivity index (χ3n) is 4.94. The number of nitrogens with zero attached hydrogens (tertiary/aromatic N) is 3. The number of benzene rings is 1. The number of piperidine rings is 1. The number of amides is 1. The first-order valence-electron chi connectivity index (χ1n) is 9.34. The molecule has 140 valence electrons. The molecule has 2 heterocycles. The summed E-state index contributed by atoms with van der Waals surface area (Å²) in [6.45, 7) is 10.4. The van der Waals surface area contributed by atoms with E-state index in [1.807, 2.05) is 10.7 Å². The van der Waals surface area contributed by atoms with E-state index in [0.717, 1.165) is 31.5 Å². The molecule has 1 atom stereocenters. The summed E-state index contributed by atoms with van der Waals surface area (Å²) < 4.78 is 1.84. The molecule has 1 fully saturated rings. The van der Waals surface area contributed by atoms with Crippen LogP contribution < -0.4 is 10.6 Å². The van der Waals surface area contributed by atoms with Crippen LogP contribution in [0.3, 0.4) is 0 Å². The SMILES string of the molecule is Cc1cccc(C(NC(=O)c2cn(C3CCNCC3)nn2)C(C)(C)C)c1. The van der Waals surface area contributed by atoms with Gasteiger partial charge in [-0.3, -0.25) is 4.79 Å². The standard InChI is InChI=1S/C20H29N5O/c1-14-6-5-7-15(12-14)18(20(2,3)4)22-19(26)17-13-25(24-23-17)16-8-10-21-11-9-16/h5-7,12-13,16,18,21H,8-11H2,1-4H3,(H,22,26). The van der Waals surface area contributed by atoms with Crippen molar-refractivity contribution in [1.29, 1.82) is 0 Å². The molecule has 1 aromatic carbocycles. The maximum absolute atomic E-state index is 12.8. The number of carbonyl (C=O) groups excluding carboxylic acids is 1. The van der Waals surface area contributed by atoms with Gasteiger partial charge in [0.15, 0.2) is 5.69 Å². The molecule has 2 aromatic rings. The Morgan fingerprint density at radius 2 is 2.04 bits per heavy atom. The Labute approximate surface area is 155 Å². The number of aromatic nitrogens is 3. The molecule has 0 radical (unpaired) electrons. The molecule has 1 amide bonds. The van der Waals surface area contributed by atoms with Gasteiger partial charge in [0.25, 0.3) is 5.91 Å². The van der Waals surface area contributed by atoms with Gasteiger partial charge in [-0.25, -0.2) is 4.68 Å². The van der Waals surface area contributed by atoms with Crippen LogP contribution in [0.5, 0.6) is 0 Å². The summed E-state index contributed by atoms with van der Waals surface area (Å²) >= 11 is 0. The molecule has 0 saturated carbocycles. The first-order chi connectivity index (χ1) is 12.3. The van der Waals surface area contributed by atoms with Crippen molar-refractivity contribution >= 4 is 5.91 Å². The van der Waals surface area contributed by atoms with Gasteiger partial charge in [0.1, 0.15) is 0 Å². The molecule has 0 bridgehead atoms. The summed E-state index contributed by atoms with van der Waals surface area (Å²) in [6.07, 6.45) is 3.80. The first kappa shape index (κ1) is 18.6. The first-order valence-corrected chi connectivity index (χ1v) is 9.34. The lowest BCUT2D eigenvalue weighted by molar-refractivity contribution is 0.0896. The lowest BCUT2D eigenvalue weighted by atomic mass is 9.82. The van der Waals surface area contributed by atoms with E-state index in [4.69, 9.17) is 0 Å². The molecule has 3 rings (SSSR count). The van der Waals surface area contributed by atoms with Crippen LogP contribution in [0.15, 0.2) is 30.5 Å². The van der Waals surface area contributed by atoms with Gasteiger partial charge in [0.2, 0.25) is 0 Å². The van der Waals surface area contributed by atoms with Crippen molar-refractivity contribution in [3.8, 4) is 0 Å². The minimum atomic E-state index is -0.174. The summed E-state index contributed by atoms with van der Waals surface area (Å²) in [4.78, 5) is 12.8. The smallest absolute Gasteiger partial charge is 0.273 e. The van der Waals surface area contributed by atoms with E-state index < -0.39 is 0 Å². The van der Waals surface area contributed by atoms with Crippen molar-refractivity contribution in [2.24, 2.45) is 5.41 Å². The van der Waals surface area contributed by atoms with E-state index in [9.17, 15) is 4.79 Å². The van der Waals surface area contributed by atoms with Crippen LogP contribution in [-0.2, 0) is 0 Å². The summed E-state index contributed by atoms with van der Waals surface area (Å²) in [5, 5.41) is 14.8. The van der Waals surface area contributed by atoms with Gasteiger partial charge in [-0.2, -0.15) is 0 Å². The van der Waals surface area contributed by atoms with E-state index in [1.165, 1.54) is 5.56 Å². The monoisotopic (exact) mass is 355 g/mol. The zero-order valence-corrected chi connectivity index (χ0v) is 16.1. The Morgan fingerprint density at radius 1 is 1.31 bits per heavy atom. The van der Waals surface area contributed by atoms with E-state index in [-0.39, 0.29) is 17.4 Å². The minimum absolute atomic E-state index is 0.0982. The molecule has 1 saturated heterocycles. The minimum Gasteiger partial charge on any atom is -0.343 e. The summed E-state index contributed by atoms with van der Waals surface area (Å²) in [6, 6.07) is 8.51. The van der Waals surface area contributed by atoms with E-state index >= 15 is 0 Å². The van der Waals surface area contributed by atoms with Crippen LogP contribution in [-0.4, -0.2) is 34.0 Å². The van der Waals surface area contributed by atoms with E-state index in [0.29, 0.717) is 11.7 Å². The van der Waals surface area contributed by atoms with Crippen molar-refractivity contribution < 1.29 is 4.79 Å². The highest BCUT2D eigenvalue weighted by molar-refractivity contribution is 5.92.